The first-order chi connectivity index (χ1) is 30.5. The lowest BCUT2D eigenvalue weighted by Crippen LogP contribution is -2.17. The lowest BCUT2D eigenvalue weighted by molar-refractivity contribution is 0.660. The van der Waals surface area contributed by atoms with Gasteiger partial charge in [-0.05, 0) is 119 Å². The highest BCUT2D eigenvalue weighted by Gasteiger charge is 2.36. The van der Waals surface area contributed by atoms with Gasteiger partial charge < -0.3 is 4.90 Å². The molecule has 0 atom stereocenters. The Morgan fingerprint density at radius 1 is 0.290 bits per heavy atom. The van der Waals surface area contributed by atoms with Gasteiger partial charge >= 0.3 is 0 Å². The molecule has 0 spiro atoms. The molecule has 0 aliphatic heterocycles. The van der Waals surface area contributed by atoms with Gasteiger partial charge in [-0.2, -0.15) is 0 Å². The van der Waals surface area contributed by atoms with E-state index in [-0.39, 0.29) is 5.41 Å². The van der Waals surface area contributed by atoms with Crippen molar-refractivity contribution in [1.82, 2.24) is 0 Å². The molecule has 294 valence electrons. The molecule has 1 aliphatic carbocycles. The number of para-hydroxylation sites is 1. The van der Waals surface area contributed by atoms with Crippen molar-refractivity contribution in [2.24, 2.45) is 0 Å². The van der Waals surface area contributed by atoms with E-state index >= 15 is 0 Å². The Kier molecular flexibility index (Phi) is 9.24. The Bertz CT molecular complexity index is 3230. The second-order valence-corrected chi connectivity index (χ2v) is 16.9. The molecule has 0 N–H and O–H groups in total. The van der Waals surface area contributed by atoms with Gasteiger partial charge in [-0.3, -0.25) is 0 Å². The van der Waals surface area contributed by atoms with Crippen molar-refractivity contribution in [1.29, 1.82) is 0 Å². The van der Waals surface area contributed by atoms with Gasteiger partial charge in [0, 0.05) is 22.4 Å². The average Bonchev–Trinajstić information content (AvgIpc) is 3.57. The third kappa shape index (κ3) is 6.51. The lowest BCUT2D eigenvalue weighted by atomic mass is 9.81. The first-order valence-electron chi connectivity index (χ1n) is 21.6. The molecule has 11 rings (SSSR count). The highest BCUT2D eigenvalue weighted by atomic mass is 15.1. The lowest BCUT2D eigenvalue weighted by Gasteiger charge is -2.30. The molecule has 62 heavy (non-hydrogen) atoms. The highest BCUT2D eigenvalue weighted by Crippen LogP contribution is 2.52. The fourth-order valence-electron chi connectivity index (χ4n) is 9.72. The topological polar surface area (TPSA) is 3.24 Å². The average molecular weight is 792 g/mol. The molecule has 0 radical (unpaired) electrons. The van der Waals surface area contributed by atoms with Crippen LogP contribution in [0.3, 0.4) is 0 Å². The van der Waals surface area contributed by atoms with Crippen LogP contribution in [0.15, 0.2) is 237 Å². The third-order valence-electron chi connectivity index (χ3n) is 12.9. The van der Waals surface area contributed by atoms with Crippen LogP contribution in [-0.2, 0) is 5.41 Å². The maximum atomic E-state index is 2.45. The highest BCUT2D eigenvalue weighted by molar-refractivity contribution is 5.98. The zero-order valence-electron chi connectivity index (χ0n) is 35.0. The second kappa shape index (κ2) is 15.4. The van der Waals surface area contributed by atoms with Crippen LogP contribution in [0, 0.1) is 0 Å². The smallest absolute Gasteiger partial charge is 0.0540 e. The predicted octanol–water partition coefficient (Wildman–Crippen LogP) is 17.0. The van der Waals surface area contributed by atoms with Crippen LogP contribution in [0.1, 0.15) is 25.0 Å². The largest absolute Gasteiger partial charge is 0.310 e. The zero-order chi connectivity index (χ0) is 41.6. The first kappa shape index (κ1) is 37.3. The molecule has 0 fully saturated rings. The summed E-state index contributed by atoms with van der Waals surface area (Å²) in [7, 11) is 0. The normalized spacial score (nSPS) is 12.5. The van der Waals surface area contributed by atoms with E-state index in [0.29, 0.717) is 0 Å². The molecule has 0 amide bonds. The summed E-state index contributed by atoms with van der Waals surface area (Å²) in [5.74, 6) is 0. The van der Waals surface area contributed by atoms with E-state index in [4.69, 9.17) is 0 Å². The van der Waals surface area contributed by atoms with Crippen molar-refractivity contribution in [3.8, 4) is 66.8 Å². The molecule has 1 nitrogen and oxygen atoms in total. The molecular weight excluding hydrogens is 747 g/mol. The summed E-state index contributed by atoms with van der Waals surface area (Å²) < 4.78 is 0. The minimum absolute atomic E-state index is 0.227. The van der Waals surface area contributed by atoms with Crippen LogP contribution < -0.4 is 4.90 Å². The summed E-state index contributed by atoms with van der Waals surface area (Å²) in [6, 6.07) is 86.6. The molecule has 1 heteroatoms. The molecule has 10 aromatic carbocycles. The van der Waals surface area contributed by atoms with Crippen molar-refractivity contribution >= 4 is 27.8 Å². The van der Waals surface area contributed by atoms with Gasteiger partial charge in [-0.1, -0.05) is 214 Å². The number of hydrogen-bond acceptors (Lipinski definition) is 1. The Morgan fingerprint density at radius 3 is 1.48 bits per heavy atom. The third-order valence-corrected chi connectivity index (χ3v) is 12.9. The van der Waals surface area contributed by atoms with Crippen LogP contribution >= 0.6 is 0 Å². The van der Waals surface area contributed by atoms with Crippen LogP contribution in [-0.4, -0.2) is 0 Å². The molecular formula is C61H45N. The van der Waals surface area contributed by atoms with Crippen LogP contribution in [0.2, 0.25) is 0 Å². The summed E-state index contributed by atoms with van der Waals surface area (Å²) in [6.07, 6.45) is 0. The SMILES string of the molecule is CC1(C)c2cc(-c3ccccc3-c3ccccc3)ccc2-c2ccc(N(c3ccc(-c4cccc5ccccc45)cc3)c3ccccc3-c3ccc(-c4ccccc4)cc3)cc21. The van der Waals surface area contributed by atoms with Crippen molar-refractivity contribution in [2.75, 3.05) is 4.90 Å². The summed E-state index contributed by atoms with van der Waals surface area (Å²) in [4.78, 5) is 2.45. The van der Waals surface area contributed by atoms with Crippen molar-refractivity contribution in [3.05, 3.63) is 248 Å². The van der Waals surface area contributed by atoms with Crippen LogP contribution in [0.4, 0.5) is 17.1 Å². The van der Waals surface area contributed by atoms with Gasteiger partial charge in [0.15, 0.2) is 0 Å². The molecule has 0 aromatic heterocycles. The molecule has 0 unspecified atom stereocenters. The van der Waals surface area contributed by atoms with Crippen molar-refractivity contribution in [3.63, 3.8) is 0 Å². The van der Waals surface area contributed by atoms with Gasteiger partial charge in [-0.25, -0.2) is 0 Å². The minimum atomic E-state index is -0.227. The molecule has 0 saturated heterocycles. The Morgan fingerprint density at radius 2 is 0.742 bits per heavy atom. The summed E-state index contributed by atoms with van der Waals surface area (Å²) >= 11 is 0. The van der Waals surface area contributed by atoms with Gasteiger partial charge in [-0.15, -0.1) is 0 Å². The van der Waals surface area contributed by atoms with E-state index in [1.54, 1.807) is 0 Å². The molecule has 1 aliphatic rings. The van der Waals surface area contributed by atoms with Crippen LogP contribution in [0.25, 0.3) is 77.5 Å². The van der Waals surface area contributed by atoms with Crippen molar-refractivity contribution < 1.29 is 0 Å². The van der Waals surface area contributed by atoms with E-state index in [0.717, 1.165) is 17.1 Å². The van der Waals surface area contributed by atoms with E-state index < -0.39 is 0 Å². The molecule has 0 bridgehead atoms. The first-order valence-corrected chi connectivity index (χ1v) is 21.6. The standard InChI is InChI=1S/C61H45N/c1-61(2)58-40-48(54-24-12-11-23-52(54)44-18-7-4-8-19-44)34-38-56(58)57-39-37-50(41-59(57)61)62(49-35-32-46(33-36-49)53-26-15-21-45-20-9-10-22-51(45)53)60-27-14-13-25-55(60)47-30-28-43(29-31-47)42-16-5-3-6-17-42/h3-41H,1-2H3. The van der Waals surface area contributed by atoms with E-state index in [1.807, 2.05) is 0 Å². The Labute approximate surface area is 364 Å². The Hall–Kier alpha value is -7.74. The minimum Gasteiger partial charge on any atom is -0.310 e. The summed E-state index contributed by atoms with van der Waals surface area (Å²) in [6.45, 7) is 4.78. The summed E-state index contributed by atoms with van der Waals surface area (Å²) in [5, 5.41) is 2.51. The van der Waals surface area contributed by atoms with Crippen LogP contribution in [0.5, 0.6) is 0 Å². The van der Waals surface area contributed by atoms with Gasteiger partial charge in [0.25, 0.3) is 0 Å². The quantitative estimate of drug-likeness (QED) is 0.148. The predicted molar refractivity (Wildman–Crippen MR) is 263 cm³/mol. The van der Waals surface area contributed by atoms with Gasteiger partial charge in [0.2, 0.25) is 0 Å². The van der Waals surface area contributed by atoms with Crippen molar-refractivity contribution in [2.45, 2.75) is 19.3 Å². The number of rotatable bonds is 8. The van der Waals surface area contributed by atoms with Gasteiger partial charge in [0.05, 0.1) is 5.69 Å². The number of fused-ring (bicyclic) bond motifs is 4. The molecule has 0 heterocycles. The number of benzene rings is 10. The van der Waals surface area contributed by atoms with E-state index in [1.165, 1.54) is 88.7 Å². The maximum absolute atomic E-state index is 2.45. The number of hydrogen-bond donors (Lipinski definition) is 0. The Balaban J connectivity index is 1.03. The van der Waals surface area contributed by atoms with Gasteiger partial charge in [0.1, 0.15) is 0 Å². The monoisotopic (exact) mass is 791 g/mol. The van der Waals surface area contributed by atoms with E-state index in [9.17, 15) is 0 Å². The maximum Gasteiger partial charge on any atom is 0.0540 e. The summed E-state index contributed by atoms with van der Waals surface area (Å²) in [5.41, 5.74) is 20.6. The fourth-order valence-corrected chi connectivity index (χ4v) is 9.72. The zero-order valence-corrected chi connectivity index (χ0v) is 35.0. The second-order valence-electron chi connectivity index (χ2n) is 16.9. The number of anilines is 3. The molecule has 0 saturated carbocycles. The van der Waals surface area contributed by atoms with E-state index in [2.05, 4.69) is 255 Å². The fraction of sp³-hybridized carbons (Fsp3) is 0.0492. The molecule has 10 aromatic rings. The number of nitrogens with zero attached hydrogens (tertiary/aromatic N) is 1.